The number of anilines is 2. The molecule has 0 bridgehead atoms. The summed E-state index contributed by atoms with van der Waals surface area (Å²) in [6, 6.07) is 5.58. The maximum atomic E-state index is 10.4. The summed E-state index contributed by atoms with van der Waals surface area (Å²) < 4.78 is 10.9. The maximum absolute atomic E-state index is 10.4. The highest BCUT2D eigenvalue weighted by atomic mass is 16.5. The van der Waals surface area contributed by atoms with Gasteiger partial charge < -0.3 is 25.6 Å². The molecule has 20 heavy (non-hydrogen) atoms. The van der Waals surface area contributed by atoms with Gasteiger partial charge in [0.25, 0.3) is 0 Å². The van der Waals surface area contributed by atoms with Gasteiger partial charge in [0.05, 0.1) is 17.4 Å². The lowest BCUT2D eigenvalue weighted by atomic mass is 9.94. The van der Waals surface area contributed by atoms with Crippen LogP contribution in [0.15, 0.2) is 18.2 Å². The number of hydrogen-bond acceptors (Lipinski definition) is 5. The van der Waals surface area contributed by atoms with Gasteiger partial charge in [-0.15, -0.1) is 0 Å². The van der Waals surface area contributed by atoms with Gasteiger partial charge in [-0.25, -0.2) is 0 Å². The number of nitrogens with two attached hydrogens (primary N) is 1. The van der Waals surface area contributed by atoms with Crippen LogP contribution >= 0.6 is 0 Å². The van der Waals surface area contributed by atoms with Crippen LogP contribution in [0.3, 0.4) is 0 Å². The number of aliphatic hydroxyl groups is 1. The smallest absolute Gasteiger partial charge is 0.144 e. The predicted octanol–water partition coefficient (Wildman–Crippen LogP) is 2.01. The molecule has 0 aromatic heterocycles. The Morgan fingerprint density at radius 1 is 1.40 bits per heavy atom. The molecule has 1 aromatic carbocycles. The molecule has 0 spiro atoms. The lowest BCUT2D eigenvalue weighted by Gasteiger charge is -2.32. The molecule has 0 amide bonds. The molecule has 0 atom stereocenters. The van der Waals surface area contributed by atoms with E-state index in [2.05, 4.69) is 5.32 Å². The van der Waals surface area contributed by atoms with Gasteiger partial charge in [0.2, 0.25) is 0 Å². The average molecular weight is 280 g/mol. The summed E-state index contributed by atoms with van der Waals surface area (Å²) in [5.74, 6) is 0.670. The molecule has 5 heteroatoms. The molecule has 1 fully saturated rings. The Morgan fingerprint density at radius 3 is 2.75 bits per heavy atom. The van der Waals surface area contributed by atoms with Crippen molar-refractivity contribution in [2.24, 2.45) is 0 Å². The van der Waals surface area contributed by atoms with Gasteiger partial charge in [-0.2, -0.15) is 0 Å². The van der Waals surface area contributed by atoms with Crippen LogP contribution in [0.25, 0.3) is 0 Å². The Kier molecular flexibility index (Phi) is 4.73. The van der Waals surface area contributed by atoms with Crippen molar-refractivity contribution in [3.05, 3.63) is 18.2 Å². The molecule has 0 unspecified atom stereocenters. The second-order valence-electron chi connectivity index (χ2n) is 5.61. The molecule has 4 N–H and O–H groups in total. The third-order valence-corrected chi connectivity index (χ3v) is 3.42. The van der Waals surface area contributed by atoms with Crippen molar-refractivity contribution < 1.29 is 14.6 Å². The molecule has 0 radical (unpaired) electrons. The van der Waals surface area contributed by atoms with Crippen molar-refractivity contribution >= 4 is 11.4 Å². The number of ether oxygens (including phenoxy) is 2. The van der Waals surface area contributed by atoms with Crippen molar-refractivity contribution in [1.29, 1.82) is 0 Å². The van der Waals surface area contributed by atoms with Crippen molar-refractivity contribution in [1.82, 2.24) is 0 Å². The SMILES string of the molecule is CC(C)Oc1cc(NCC2(O)CCOCC2)ccc1N. The number of hydrogen-bond donors (Lipinski definition) is 3. The van der Waals surface area contributed by atoms with Gasteiger partial charge in [-0.05, 0) is 26.0 Å². The lowest BCUT2D eigenvalue weighted by molar-refractivity contribution is -0.0543. The first-order valence-corrected chi connectivity index (χ1v) is 7.09. The minimum atomic E-state index is -0.696. The van der Waals surface area contributed by atoms with Crippen LogP contribution in [0.2, 0.25) is 0 Å². The monoisotopic (exact) mass is 280 g/mol. The molecule has 1 heterocycles. The van der Waals surface area contributed by atoms with E-state index >= 15 is 0 Å². The Labute approximate surface area is 120 Å². The van der Waals surface area contributed by atoms with E-state index < -0.39 is 5.60 Å². The van der Waals surface area contributed by atoms with Gasteiger partial charge in [0.15, 0.2) is 0 Å². The Morgan fingerprint density at radius 2 is 2.10 bits per heavy atom. The number of benzene rings is 1. The normalized spacial score (nSPS) is 18.0. The topological polar surface area (TPSA) is 76.7 Å². The zero-order valence-corrected chi connectivity index (χ0v) is 12.2. The van der Waals surface area contributed by atoms with Crippen LogP contribution in [-0.2, 0) is 4.74 Å². The van der Waals surface area contributed by atoms with E-state index in [9.17, 15) is 5.11 Å². The first kappa shape index (κ1) is 14.9. The third-order valence-electron chi connectivity index (χ3n) is 3.42. The molecule has 5 nitrogen and oxygen atoms in total. The van der Waals surface area contributed by atoms with Gasteiger partial charge in [-0.3, -0.25) is 0 Å². The van der Waals surface area contributed by atoms with Crippen molar-refractivity contribution in [2.75, 3.05) is 30.8 Å². The minimum absolute atomic E-state index is 0.0761. The third kappa shape index (κ3) is 4.02. The first-order valence-electron chi connectivity index (χ1n) is 7.09. The molecule has 1 aliphatic heterocycles. The molecule has 1 saturated heterocycles. The molecular weight excluding hydrogens is 256 g/mol. The van der Waals surface area contributed by atoms with Crippen LogP contribution in [0.5, 0.6) is 5.75 Å². The molecule has 112 valence electrons. The summed E-state index contributed by atoms with van der Waals surface area (Å²) in [7, 11) is 0. The highest BCUT2D eigenvalue weighted by molar-refractivity contribution is 5.61. The summed E-state index contributed by atoms with van der Waals surface area (Å²) in [5.41, 5.74) is 6.71. The molecule has 1 aliphatic rings. The number of nitrogen functional groups attached to an aromatic ring is 1. The average Bonchev–Trinajstić information content (AvgIpc) is 2.40. The van der Waals surface area contributed by atoms with Crippen LogP contribution in [0, 0.1) is 0 Å². The molecule has 0 saturated carbocycles. The van der Waals surface area contributed by atoms with Crippen LogP contribution < -0.4 is 15.8 Å². The Hall–Kier alpha value is -1.46. The molecule has 0 aliphatic carbocycles. The van der Waals surface area contributed by atoms with Crippen molar-refractivity contribution in [2.45, 2.75) is 38.4 Å². The largest absolute Gasteiger partial charge is 0.489 e. The minimum Gasteiger partial charge on any atom is -0.489 e. The van der Waals surface area contributed by atoms with E-state index in [4.69, 9.17) is 15.2 Å². The molecular formula is C15H24N2O3. The van der Waals surface area contributed by atoms with Gasteiger partial charge in [0.1, 0.15) is 5.75 Å². The van der Waals surface area contributed by atoms with Crippen LogP contribution in [0.4, 0.5) is 11.4 Å². The zero-order chi connectivity index (χ0) is 14.6. The Balaban J connectivity index is 1.98. The fourth-order valence-corrected chi connectivity index (χ4v) is 2.20. The van der Waals surface area contributed by atoms with E-state index in [0.29, 0.717) is 44.0 Å². The van der Waals surface area contributed by atoms with E-state index in [1.54, 1.807) is 0 Å². The van der Waals surface area contributed by atoms with Gasteiger partial charge >= 0.3 is 0 Å². The summed E-state index contributed by atoms with van der Waals surface area (Å²) in [5, 5.41) is 13.7. The van der Waals surface area contributed by atoms with E-state index in [1.807, 2.05) is 32.0 Å². The van der Waals surface area contributed by atoms with Crippen LogP contribution in [-0.4, -0.2) is 36.6 Å². The molecule has 1 aromatic rings. The van der Waals surface area contributed by atoms with Crippen molar-refractivity contribution in [3.63, 3.8) is 0 Å². The summed E-state index contributed by atoms with van der Waals surface area (Å²) in [6.07, 6.45) is 1.39. The second kappa shape index (κ2) is 6.33. The van der Waals surface area contributed by atoms with Gasteiger partial charge in [-0.1, -0.05) is 0 Å². The maximum Gasteiger partial charge on any atom is 0.144 e. The first-order chi connectivity index (χ1) is 9.48. The quantitative estimate of drug-likeness (QED) is 0.719. The van der Waals surface area contributed by atoms with E-state index in [-0.39, 0.29) is 6.10 Å². The second-order valence-corrected chi connectivity index (χ2v) is 5.61. The summed E-state index contributed by atoms with van der Waals surface area (Å²) in [6.45, 7) is 5.65. The van der Waals surface area contributed by atoms with Crippen molar-refractivity contribution in [3.8, 4) is 5.75 Å². The van der Waals surface area contributed by atoms with E-state index in [1.165, 1.54) is 0 Å². The highest BCUT2D eigenvalue weighted by Gasteiger charge is 2.29. The standard InChI is InChI=1S/C15H24N2O3/c1-11(2)20-14-9-12(3-4-13(14)16)17-10-15(18)5-7-19-8-6-15/h3-4,9,11,17-18H,5-8,10,16H2,1-2H3. The molecule has 2 rings (SSSR count). The predicted molar refractivity (Wildman–Crippen MR) is 80.1 cm³/mol. The fraction of sp³-hybridized carbons (Fsp3) is 0.600. The highest BCUT2D eigenvalue weighted by Crippen LogP contribution is 2.28. The summed E-state index contributed by atoms with van der Waals surface area (Å²) >= 11 is 0. The number of rotatable bonds is 5. The van der Waals surface area contributed by atoms with Crippen LogP contribution in [0.1, 0.15) is 26.7 Å². The Bertz CT molecular complexity index is 443. The fourth-order valence-electron chi connectivity index (χ4n) is 2.20. The number of nitrogens with one attached hydrogen (secondary N) is 1. The lowest BCUT2D eigenvalue weighted by Crippen LogP contribution is -2.42. The zero-order valence-electron chi connectivity index (χ0n) is 12.2. The van der Waals surface area contributed by atoms with Gasteiger partial charge in [0, 0.05) is 44.4 Å². The van der Waals surface area contributed by atoms with E-state index in [0.717, 1.165) is 5.69 Å². The summed E-state index contributed by atoms with van der Waals surface area (Å²) in [4.78, 5) is 0.